The van der Waals surface area contributed by atoms with Gasteiger partial charge in [-0.1, -0.05) is 32.4 Å². The van der Waals surface area contributed by atoms with Gasteiger partial charge in [-0.15, -0.1) is 0 Å². The molecule has 1 aromatic carbocycles. The summed E-state index contributed by atoms with van der Waals surface area (Å²) in [6.07, 6.45) is 3.58. The number of ether oxygens (including phenoxy) is 1. The minimum Gasteiger partial charge on any atom is -0.466 e. The number of benzene rings is 1. The van der Waals surface area contributed by atoms with Crippen molar-refractivity contribution >= 4 is 11.7 Å². The summed E-state index contributed by atoms with van der Waals surface area (Å²) in [6.45, 7) is 6.95. The number of esters is 1. The van der Waals surface area contributed by atoms with E-state index >= 15 is 0 Å². The van der Waals surface area contributed by atoms with Gasteiger partial charge in [0.15, 0.2) is 0 Å². The van der Waals surface area contributed by atoms with Gasteiger partial charge in [0, 0.05) is 12.2 Å². The summed E-state index contributed by atoms with van der Waals surface area (Å²) in [5.41, 5.74) is 2.42. The van der Waals surface area contributed by atoms with E-state index in [1.807, 2.05) is 13.8 Å². The molecule has 0 fully saturated rings. The van der Waals surface area contributed by atoms with Crippen molar-refractivity contribution in [2.75, 3.05) is 18.5 Å². The average molecular weight is 263 g/mol. The van der Waals surface area contributed by atoms with Crippen LogP contribution in [0.25, 0.3) is 0 Å². The summed E-state index contributed by atoms with van der Waals surface area (Å²) >= 11 is 0. The minimum absolute atomic E-state index is 0.125. The zero-order chi connectivity index (χ0) is 14.1. The maximum atomic E-state index is 11.5. The highest BCUT2D eigenvalue weighted by Crippen LogP contribution is 2.12. The Morgan fingerprint density at radius 1 is 1.26 bits per heavy atom. The van der Waals surface area contributed by atoms with E-state index in [-0.39, 0.29) is 11.9 Å². The lowest BCUT2D eigenvalue weighted by atomic mass is 10.1. The Kier molecular flexibility index (Phi) is 7.01. The Labute approximate surface area is 116 Å². The lowest BCUT2D eigenvalue weighted by Gasteiger charge is -2.12. The smallest absolute Gasteiger partial charge is 0.310 e. The summed E-state index contributed by atoms with van der Waals surface area (Å²) in [5.74, 6) is -0.269. The van der Waals surface area contributed by atoms with Gasteiger partial charge in [-0.3, -0.25) is 4.79 Å². The molecule has 0 aliphatic rings. The fourth-order valence-corrected chi connectivity index (χ4v) is 1.81. The highest BCUT2D eigenvalue weighted by Gasteiger charge is 2.13. The first-order valence-electron chi connectivity index (χ1n) is 7.16. The molecule has 0 amide bonds. The molecule has 1 aromatic rings. The number of unbranched alkanes of at least 4 members (excludes halogenated alkanes) is 1. The molecule has 1 unspecified atom stereocenters. The Hall–Kier alpha value is -1.51. The number of nitrogens with one attached hydrogen (secondary N) is 1. The Bertz CT molecular complexity index is 373. The van der Waals surface area contributed by atoms with E-state index in [4.69, 9.17) is 4.74 Å². The number of carbonyl (C=O) groups excluding carboxylic acids is 1. The maximum absolute atomic E-state index is 11.5. The van der Waals surface area contributed by atoms with Crippen LogP contribution in [0.5, 0.6) is 0 Å². The van der Waals surface area contributed by atoms with Crippen molar-refractivity contribution < 1.29 is 9.53 Å². The number of rotatable bonds is 8. The predicted octanol–water partition coefficient (Wildman–Crippen LogP) is 3.64. The van der Waals surface area contributed by atoms with Crippen LogP contribution in [0.1, 0.15) is 39.2 Å². The third kappa shape index (κ3) is 5.77. The van der Waals surface area contributed by atoms with E-state index in [9.17, 15) is 4.79 Å². The third-order valence-electron chi connectivity index (χ3n) is 3.07. The fraction of sp³-hybridized carbons (Fsp3) is 0.562. The quantitative estimate of drug-likeness (QED) is 0.728. The molecule has 106 valence electrons. The number of carbonyl (C=O) groups is 1. The van der Waals surface area contributed by atoms with E-state index in [0.29, 0.717) is 13.2 Å². The van der Waals surface area contributed by atoms with Gasteiger partial charge >= 0.3 is 5.97 Å². The zero-order valence-electron chi connectivity index (χ0n) is 12.2. The van der Waals surface area contributed by atoms with E-state index in [0.717, 1.165) is 12.1 Å². The Balaban J connectivity index is 2.39. The molecular formula is C16H25NO2. The molecule has 0 radical (unpaired) electrons. The highest BCUT2D eigenvalue weighted by atomic mass is 16.5. The van der Waals surface area contributed by atoms with Crippen LogP contribution < -0.4 is 5.32 Å². The highest BCUT2D eigenvalue weighted by molar-refractivity contribution is 5.72. The monoisotopic (exact) mass is 263 g/mol. The molecule has 0 saturated carbocycles. The van der Waals surface area contributed by atoms with Crippen LogP contribution in [0.3, 0.4) is 0 Å². The van der Waals surface area contributed by atoms with Gasteiger partial charge in [0.25, 0.3) is 0 Å². The molecule has 0 aromatic heterocycles. The topological polar surface area (TPSA) is 38.3 Å². The molecule has 1 atom stereocenters. The number of hydrogen-bond acceptors (Lipinski definition) is 3. The molecule has 3 nitrogen and oxygen atoms in total. The number of aryl methyl sites for hydroxylation is 1. The first-order chi connectivity index (χ1) is 9.17. The molecule has 1 rings (SSSR count). The molecule has 3 heteroatoms. The van der Waals surface area contributed by atoms with E-state index in [2.05, 4.69) is 36.5 Å². The zero-order valence-corrected chi connectivity index (χ0v) is 12.2. The van der Waals surface area contributed by atoms with Crippen LogP contribution >= 0.6 is 0 Å². The van der Waals surface area contributed by atoms with Crippen molar-refractivity contribution in [1.82, 2.24) is 0 Å². The largest absolute Gasteiger partial charge is 0.466 e. The van der Waals surface area contributed by atoms with Crippen molar-refractivity contribution in [3.8, 4) is 0 Å². The van der Waals surface area contributed by atoms with Gasteiger partial charge in [0.05, 0.1) is 12.5 Å². The van der Waals surface area contributed by atoms with Gasteiger partial charge in [0.2, 0.25) is 0 Å². The van der Waals surface area contributed by atoms with Crippen LogP contribution in [0.15, 0.2) is 24.3 Å². The van der Waals surface area contributed by atoms with Crippen LogP contribution in [0, 0.1) is 5.92 Å². The van der Waals surface area contributed by atoms with Crippen LogP contribution in [0.2, 0.25) is 0 Å². The predicted molar refractivity (Wildman–Crippen MR) is 79.3 cm³/mol. The standard InChI is InChI=1S/C16H25NO2/c1-4-6-7-14-8-10-15(11-9-14)17-12-13(3)16(18)19-5-2/h8-11,13,17H,4-7,12H2,1-3H3. The molecule has 0 heterocycles. The van der Waals surface area contributed by atoms with Crippen LogP contribution in [0.4, 0.5) is 5.69 Å². The molecule has 19 heavy (non-hydrogen) atoms. The van der Waals surface area contributed by atoms with Gasteiger partial charge in [0.1, 0.15) is 0 Å². The summed E-state index contributed by atoms with van der Waals surface area (Å²) in [7, 11) is 0. The first-order valence-corrected chi connectivity index (χ1v) is 7.16. The number of hydrogen-bond donors (Lipinski definition) is 1. The molecule has 0 spiro atoms. The minimum atomic E-state index is -0.144. The van der Waals surface area contributed by atoms with Crippen molar-refractivity contribution in [1.29, 1.82) is 0 Å². The van der Waals surface area contributed by atoms with Crippen LogP contribution in [-0.2, 0) is 16.0 Å². The normalized spacial score (nSPS) is 11.9. The molecule has 0 saturated heterocycles. The van der Waals surface area contributed by atoms with Gasteiger partial charge < -0.3 is 10.1 Å². The van der Waals surface area contributed by atoms with Gasteiger partial charge in [-0.05, 0) is 37.5 Å². The average Bonchev–Trinajstić information content (AvgIpc) is 2.43. The lowest BCUT2D eigenvalue weighted by Crippen LogP contribution is -2.22. The second-order valence-corrected chi connectivity index (χ2v) is 4.83. The van der Waals surface area contributed by atoms with Crippen molar-refractivity contribution in [3.05, 3.63) is 29.8 Å². The molecule has 0 bridgehead atoms. The van der Waals surface area contributed by atoms with Gasteiger partial charge in [-0.25, -0.2) is 0 Å². The third-order valence-corrected chi connectivity index (χ3v) is 3.07. The van der Waals surface area contributed by atoms with Crippen molar-refractivity contribution in [2.45, 2.75) is 40.0 Å². The Morgan fingerprint density at radius 2 is 1.95 bits per heavy atom. The second kappa shape index (κ2) is 8.57. The number of anilines is 1. The maximum Gasteiger partial charge on any atom is 0.310 e. The molecule has 1 N–H and O–H groups in total. The molecule has 0 aliphatic carbocycles. The SMILES string of the molecule is CCCCc1ccc(NCC(C)C(=O)OCC)cc1. The summed E-state index contributed by atoms with van der Waals surface area (Å²) in [4.78, 5) is 11.5. The van der Waals surface area contributed by atoms with Crippen LogP contribution in [-0.4, -0.2) is 19.1 Å². The molecular weight excluding hydrogens is 238 g/mol. The first kappa shape index (κ1) is 15.5. The Morgan fingerprint density at radius 3 is 2.53 bits per heavy atom. The second-order valence-electron chi connectivity index (χ2n) is 4.83. The van der Waals surface area contributed by atoms with Gasteiger partial charge in [-0.2, -0.15) is 0 Å². The summed E-state index contributed by atoms with van der Waals surface area (Å²) in [6, 6.07) is 8.44. The fourth-order valence-electron chi connectivity index (χ4n) is 1.81. The lowest BCUT2D eigenvalue weighted by molar-refractivity contribution is -0.146. The van der Waals surface area contributed by atoms with E-state index in [1.54, 1.807) is 0 Å². The van der Waals surface area contributed by atoms with Crippen molar-refractivity contribution in [2.24, 2.45) is 5.92 Å². The van der Waals surface area contributed by atoms with Crippen molar-refractivity contribution in [3.63, 3.8) is 0 Å². The van der Waals surface area contributed by atoms with E-state index < -0.39 is 0 Å². The summed E-state index contributed by atoms with van der Waals surface area (Å²) in [5, 5.41) is 3.27. The summed E-state index contributed by atoms with van der Waals surface area (Å²) < 4.78 is 4.98. The van der Waals surface area contributed by atoms with E-state index in [1.165, 1.54) is 18.4 Å². The molecule has 0 aliphatic heterocycles.